The highest BCUT2D eigenvalue weighted by Gasteiger charge is 2.06. The maximum atomic E-state index is 4.54. The number of nitrogens with zero attached hydrogens (tertiary/aromatic N) is 1. The Balaban J connectivity index is 2.46. The summed E-state index contributed by atoms with van der Waals surface area (Å²) in [4.78, 5) is 7.82. The molecule has 72 valence electrons. The van der Waals surface area contributed by atoms with Crippen molar-refractivity contribution in [3.8, 4) is 11.3 Å². The van der Waals surface area contributed by atoms with Crippen LogP contribution in [0.2, 0.25) is 0 Å². The van der Waals surface area contributed by atoms with Crippen molar-refractivity contribution in [1.29, 1.82) is 0 Å². The van der Waals surface area contributed by atoms with Gasteiger partial charge in [0.05, 0.1) is 5.69 Å². The van der Waals surface area contributed by atoms with E-state index in [1.807, 2.05) is 18.2 Å². The quantitative estimate of drug-likeness (QED) is 0.767. The zero-order valence-corrected chi connectivity index (χ0v) is 8.54. The van der Waals surface area contributed by atoms with E-state index in [9.17, 15) is 0 Å². The van der Waals surface area contributed by atoms with Gasteiger partial charge in [-0.2, -0.15) is 0 Å². The van der Waals surface area contributed by atoms with E-state index in [1.54, 1.807) is 0 Å². The zero-order chi connectivity index (χ0) is 9.97. The Labute approximate surface area is 84.0 Å². The van der Waals surface area contributed by atoms with E-state index in [1.165, 1.54) is 5.56 Å². The first-order valence-electron chi connectivity index (χ1n) is 4.92. The molecule has 0 amide bonds. The molecule has 1 aromatic heterocycles. The minimum absolute atomic E-state index is 0.952. The van der Waals surface area contributed by atoms with Crippen LogP contribution in [-0.2, 0) is 6.42 Å². The summed E-state index contributed by atoms with van der Waals surface area (Å²) in [6.45, 7) is 4.17. The lowest BCUT2D eigenvalue weighted by Gasteiger charge is -1.96. The van der Waals surface area contributed by atoms with Crippen LogP contribution >= 0.6 is 0 Å². The predicted molar refractivity (Wildman–Crippen MR) is 58.1 cm³/mol. The molecule has 0 aliphatic carbocycles. The molecule has 2 aromatic rings. The predicted octanol–water partition coefficient (Wildman–Crippen LogP) is 2.95. The van der Waals surface area contributed by atoms with Gasteiger partial charge in [-0.15, -0.1) is 0 Å². The Bertz CT molecular complexity index is 415. The van der Waals surface area contributed by atoms with Gasteiger partial charge in [0.25, 0.3) is 0 Å². The molecule has 0 aliphatic rings. The summed E-state index contributed by atoms with van der Waals surface area (Å²) in [6.07, 6.45) is 0.952. The monoisotopic (exact) mass is 186 g/mol. The highest BCUT2D eigenvalue weighted by Crippen LogP contribution is 2.20. The molecular formula is C12H14N2. The van der Waals surface area contributed by atoms with Crippen molar-refractivity contribution >= 4 is 0 Å². The van der Waals surface area contributed by atoms with Gasteiger partial charge in [0.2, 0.25) is 0 Å². The van der Waals surface area contributed by atoms with E-state index in [-0.39, 0.29) is 0 Å². The Morgan fingerprint density at radius 3 is 2.50 bits per heavy atom. The lowest BCUT2D eigenvalue weighted by molar-refractivity contribution is 0.982. The largest absolute Gasteiger partial charge is 0.346 e. The lowest BCUT2D eigenvalue weighted by atomic mass is 10.1. The van der Waals surface area contributed by atoms with Gasteiger partial charge >= 0.3 is 0 Å². The first-order valence-corrected chi connectivity index (χ1v) is 4.92. The maximum Gasteiger partial charge on any atom is 0.106 e. The van der Waals surface area contributed by atoms with Crippen LogP contribution in [0.15, 0.2) is 30.3 Å². The molecule has 0 fully saturated rings. The van der Waals surface area contributed by atoms with E-state index in [0.29, 0.717) is 0 Å². The molecule has 14 heavy (non-hydrogen) atoms. The third kappa shape index (κ3) is 1.55. The minimum atomic E-state index is 0.952. The van der Waals surface area contributed by atoms with Crippen LogP contribution in [0.1, 0.15) is 18.4 Å². The Hall–Kier alpha value is -1.57. The molecule has 0 aliphatic heterocycles. The Morgan fingerprint density at radius 2 is 1.93 bits per heavy atom. The molecule has 1 N–H and O–H groups in total. The van der Waals surface area contributed by atoms with Gasteiger partial charge in [-0.3, -0.25) is 0 Å². The molecule has 0 saturated heterocycles. The summed E-state index contributed by atoms with van der Waals surface area (Å²) in [6, 6.07) is 10.3. The number of aromatic amines is 1. The summed E-state index contributed by atoms with van der Waals surface area (Å²) in [7, 11) is 0. The van der Waals surface area contributed by atoms with Crippen LogP contribution in [0.5, 0.6) is 0 Å². The standard InChI is InChI=1S/C12H14N2/c1-3-11-13-9(2)12(14-11)10-7-5-4-6-8-10/h4-8H,3H2,1-2H3,(H,13,14). The molecule has 2 nitrogen and oxygen atoms in total. The second-order valence-corrected chi connectivity index (χ2v) is 3.38. The molecule has 0 radical (unpaired) electrons. The van der Waals surface area contributed by atoms with Gasteiger partial charge in [0, 0.05) is 17.7 Å². The van der Waals surface area contributed by atoms with E-state index in [4.69, 9.17) is 0 Å². The second kappa shape index (κ2) is 3.66. The van der Waals surface area contributed by atoms with Gasteiger partial charge in [-0.05, 0) is 6.92 Å². The van der Waals surface area contributed by atoms with Gasteiger partial charge in [-0.1, -0.05) is 37.3 Å². The smallest absolute Gasteiger partial charge is 0.106 e. The summed E-state index contributed by atoms with van der Waals surface area (Å²) >= 11 is 0. The van der Waals surface area contributed by atoms with Crippen LogP contribution in [0.4, 0.5) is 0 Å². The molecule has 0 spiro atoms. The number of imidazole rings is 1. The van der Waals surface area contributed by atoms with Gasteiger partial charge in [-0.25, -0.2) is 4.98 Å². The van der Waals surface area contributed by atoms with Gasteiger partial charge < -0.3 is 4.98 Å². The number of hydrogen-bond donors (Lipinski definition) is 1. The molecule has 0 saturated carbocycles. The molecule has 1 heterocycles. The summed E-state index contributed by atoms with van der Waals surface area (Å²) in [5.41, 5.74) is 3.40. The SMILES string of the molecule is CCc1nc(-c2ccccc2)c(C)[nH]1. The molecule has 0 unspecified atom stereocenters. The highest BCUT2D eigenvalue weighted by molar-refractivity contribution is 5.61. The number of nitrogens with one attached hydrogen (secondary N) is 1. The van der Waals surface area contributed by atoms with Crippen LogP contribution in [-0.4, -0.2) is 9.97 Å². The average Bonchev–Trinajstić information content (AvgIpc) is 2.61. The van der Waals surface area contributed by atoms with Crippen LogP contribution in [0.3, 0.4) is 0 Å². The lowest BCUT2D eigenvalue weighted by Crippen LogP contribution is -1.81. The van der Waals surface area contributed by atoms with Crippen LogP contribution < -0.4 is 0 Å². The third-order valence-corrected chi connectivity index (χ3v) is 2.32. The third-order valence-electron chi connectivity index (χ3n) is 2.32. The van der Waals surface area contributed by atoms with E-state index in [2.05, 4.69) is 35.9 Å². The van der Waals surface area contributed by atoms with Crippen molar-refractivity contribution < 1.29 is 0 Å². The minimum Gasteiger partial charge on any atom is -0.346 e. The van der Waals surface area contributed by atoms with Gasteiger partial charge in [0.15, 0.2) is 0 Å². The molecule has 2 rings (SSSR count). The maximum absolute atomic E-state index is 4.54. The first-order chi connectivity index (χ1) is 6.81. The number of aromatic nitrogens is 2. The molecular weight excluding hydrogens is 172 g/mol. The van der Waals surface area contributed by atoms with Crippen molar-refractivity contribution in [1.82, 2.24) is 9.97 Å². The van der Waals surface area contributed by atoms with Crippen LogP contribution in [0.25, 0.3) is 11.3 Å². The number of aryl methyl sites for hydroxylation is 2. The number of hydrogen-bond acceptors (Lipinski definition) is 1. The van der Waals surface area contributed by atoms with E-state index >= 15 is 0 Å². The van der Waals surface area contributed by atoms with E-state index < -0.39 is 0 Å². The fraction of sp³-hybridized carbons (Fsp3) is 0.250. The fourth-order valence-electron chi connectivity index (χ4n) is 1.57. The highest BCUT2D eigenvalue weighted by atomic mass is 14.9. The fourth-order valence-corrected chi connectivity index (χ4v) is 1.57. The first kappa shape index (κ1) is 9.00. The molecule has 1 aromatic carbocycles. The normalized spacial score (nSPS) is 10.4. The van der Waals surface area contributed by atoms with Crippen molar-refractivity contribution in [3.63, 3.8) is 0 Å². The molecule has 2 heteroatoms. The van der Waals surface area contributed by atoms with Crippen LogP contribution in [0, 0.1) is 6.92 Å². The summed E-state index contributed by atoms with van der Waals surface area (Å²) in [5, 5.41) is 0. The van der Waals surface area contributed by atoms with E-state index in [0.717, 1.165) is 23.6 Å². The Morgan fingerprint density at radius 1 is 1.21 bits per heavy atom. The van der Waals surface area contributed by atoms with Crippen molar-refractivity contribution in [3.05, 3.63) is 41.9 Å². The number of H-pyrrole nitrogens is 1. The Kier molecular flexibility index (Phi) is 2.35. The summed E-state index contributed by atoms with van der Waals surface area (Å²) in [5.74, 6) is 1.06. The second-order valence-electron chi connectivity index (χ2n) is 3.38. The topological polar surface area (TPSA) is 28.7 Å². The summed E-state index contributed by atoms with van der Waals surface area (Å²) < 4.78 is 0. The number of benzene rings is 1. The zero-order valence-electron chi connectivity index (χ0n) is 8.54. The van der Waals surface area contributed by atoms with Crippen molar-refractivity contribution in [2.45, 2.75) is 20.3 Å². The van der Waals surface area contributed by atoms with Gasteiger partial charge in [0.1, 0.15) is 5.82 Å². The average molecular weight is 186 g/mol. The molecule has 0 bridgehead atoms. The molecule has 0 atom stereocenters. The van der Waals surface area contributed by atoms with Crippen molar-refractivity contribution in [2.24, 2.45) is 0 Å². The number of rotatable bonds is 2. The van der Waals surface area contributed by atoms with Crippen molar-refractivity contribution in [2.75, 3.05) is 0 Å².